The summed E-state index contributed by atoms with van der Waals surface area (Å²) in [5.74, 6) is -0.904. The third-order valence-corrected chi connectivity index (χ3v) is 5.56. The maximum atomic E-state index is 12.7. The lowest BCUT2D eigenvalue weighted by molar-refractivity contribution is -0.152. The summed E-state index contributed by atoms with van der Waals surface area (Å²) in [5, 5.41) is 12.5. The summed E-state index contributed by atoms with van der Waals surface area (Å²) in [6.45, 7) is 1.99. The first kappa shape index (κ1) is 13.6. The number of carbonyl (C=O) groups is 2. The summed E-state index contributed by atoms with van der Waals surface area (Å²) in [4.78, 5) is 24.4. The lowest BCUT2D eigenvalue weighted by atomic mass is 9.62. The first-order valence-corrected chi connectivity index (χ1v) is 7.85. The predicted octanol–water partition coefficient (Wildman–Crippen LogP) is 2.70. The van der Waals surface area contributed by atoms with Crippen molar-refractivity contribution in [3.8, 4) is 0 Å². The van der Waals surface area contributed by atoms with E-state index in [2.05, 4.69) is 11.4 Å². The number of fused-ring (bicyclic) bond motifs is 1. The SMILES string of the molecule is Cc1ccc(NC(=O)[C@H]2[C@@H]3C=C[C@H]([C@H]4C[C@H]34)[C@@H]2C(=O)O)cc1. The number of nitrogens with one attached hydrogen (secondary N) is 1. The van der Waals surface area contributed by atoms with Gasteiger partial charge in [-0.15, -0.1) is 0 Å². The molecule has 5 rings (SSSR count). The van der Waals surface area contributed by atoms with Crippen LogP contribution in [0.15, 0.2) is 36.4 Å². The number of carbonyl (C=O) groups excluding carboxylic acids is 1. The van der Waals surface area contributed by atoms with Crippen LogP contribution in [0, 0.1) is 42.4 Å². The Balaban J connectivity index is 1.60. The van der Waals surface area contributed by atoms with E-state index in [1.807, 2.05) is 37.3 Å². The standard InChI is InChI=1S/C18H19NO3/c1-9-2-4-10(5-3-9)19-17(20)15-11-6-7-12(14-8-13(11)14)16(15)18(21)22/h2-7,11-16H,8H2,1H3,(H,19,20)(H,21,22)/t11-,12-,13-,14-,15+,16+/m1/s1. The number of benzene rings is 1. The first-order chi connectivity index (χ1) is 10.6. The molecule has 1 amide bonds. The van der Waals surface area contributed by atoms with Gasteiger partial charge in [-0.2, -0.15) is 0 Å². The zero-order chi connectivity index (χ0) is 15.4. The van der Waals surface area contributed by atoms with Crippen LogP contribution < -0.4 is 5.32 Å². The molecule has 4 aliphatic rings. The fourth-order valence-corrected chi connectivity index (χ4v) is 4.43. The number of amides is 1. The van der Waals surface area contributed by atoms with Crippen molar-refractivity contribution in [2.75, 3.05) is 5.32 Å². The molecular formula is C18H19NO3. The molecule has 0 unspecified atom stereocenters. The summed E-state index contributed by atoms with van der Waals surface area (Å²) in [7, 11) is 0. The molecule has 1 aromatic rings. The topological polar surface area (TPSA) is 66.4 Å². The third-order valence-electron chi connectivity index (χ3n) is 5.56. The minimum atomic E-state index is -0.839. The van der Waals surface area contributed by atoms with E-state index in [9.17, 15) is 14.7 Å². The molecule has 22 heavy (non-hydrogen) atoms. The van der Waals surface area contributed by atoms with E-state index in [1.54, 1.807) is 0 Å². The highest BCUT2D eigenvalue weighted by Gasteiger charge is 2.62. The van der Waals surface area contributed by atoms with Gasteiger partial charge in [-0.25, -0.2) is 0 Å². The van der Waals surface area contributed by atoms with Crippen LogP contribution in [0.1, 0.15) is 12.0 Å². The molecule has 2 bridgehead atoms. The van der Waals surface area contributed by atoms with E-state index in [-0.39, 0.29) is 17.7 Å². The molecule has 2 fully saturated rings. The fourth-order valence-electron chi connectivity index (χ4n) is 4.43. The zero-order valence-electron chi connectivity index (χ0n) is 12.4. The second kappa shape index (κ2) is 4.70. The summed E-state index contributed by atoms with van der Waals surface area (Å²) >= 11 is 0. The predicted molar refractivity (Wildman–Crippen MR) is 82.1 cm³/mol. The second-order valence-corrected chi connectivity index (χ2v) is 6.85. The van der Waals surface area contributed by atoms with Crippen molar-refractivity contribution in [3.05, 3.63) is 42.0 Å². The monoisotopic (exact) mass is 297 g/mol. The molecule has 1 aromatic carbocycles. The van der Waals surface area contributed by atoms with Gasteiger partial charge in [0.15, 0.2) is 0 Å². The number of carboxylic acid groups (broad SMARTS) is 1. The molecule has 0 aliphatic heterocycles. The van der Waals surface area contributed by atoms with Crippen molar-refractivity contribution in [1.82, 2.24) is 0 Å². The lowest BCUT2D eigenvalue weighted by Crippen LogP contribution is -2.48. The number of aryl methyl sites for hydroxylation is 1. The highest BCUT2D eigenvalue weighted by atomic mass is 16.4. The van der Waals surface area contributed by atoms with Crippen molar-refractivity contribution in [1.29, 1.82) is 0 Å². The summed E-state index contributed by atoms with van der Waals surface area (Å²) in [5.41, 5.74) is 1.86. The molecule has 0 radical (unpaired) electrons. The molecule has 0 heterocycles. The van der Waals surface area contributed by atoms with Gasteiger partial charge in [0.2, 0.25) is 5.91 Å². The normalized spacial score (nSPS) is 37.5. The second-order valence-electron chi connectivity index (χ2n) is 6.85. The molecule has 2 saturated carbocycles. The van der Waals surface area contributed by atoms with E-state index in [4.69, 9.17) is 0 Å². The highest BCUT2D eigenvalue weighted by molar-refractivity contribution is 5.96. The van der Waals surface area contributed by atoms with Gasteiger partial charge < -0.3 is 10.4 Å². The molecule has 0 aromatic heterocycles. The minimum absolute atomic E-state index is 0.0290. The Morgan fingerprint density at radius 2 is 1.64 bits per heavy atom. The van der Waals surface area contributed by atoms with E-state index in [0.29, 0.717) is 11.8 Å². The molecule has 4 aliphatic carbocycles. The van der Waals surface area contributed by atoms with Crippen LogP contribution in [-0.4, -0.2) is 17.0 Å². The van der Waals surface area contributed by atoms with Crippen molar-refractivity contribution in [2.24, 2.45) is 35.5 Å². The number of hydrogen-bond donors (Lipinski definition) is 2. The van der Waals surface area contributed by atoms with Crippen molar-refractivity contribution < 1.29 is 14.7 Å². The summed E-state index contributed by atoms with van der Waals surface area (Å²) in [6.07, 6.45) is 5.19. The van der Waals surface area contributed by atoms with Crippen LogP contribution >= 0.6 is 0 Å². The number of allylic oxidation sites excluding steroid dienone is 2. The Morgan fingerprint density at radius 1 is 1.05 bits per heavy atom. The van der Waals surface area contributed by atoms with Gasteiger partial charge in [0, 0.05) is 5.69 Å². The van der Waals surface area contributed by atoms with E-state index < -0.39 is 17.8 Å². The van der Waals surface area contributed by atoms with Gasteiger partial charge in [-0.3, -0.25) is 9.59 Å². The van der Waals surface area contributed by atoms with Crippen LogP contribution in [0.4, 0.5) is 5.69 Å². The Hall–Kier alpha value is -2.10. The maximum absolute atomic E-state index is 12.7. The Bertz CT molecular complexity index is 663. The fraction of sp³-hybridized carbons (Fsp3) is 0.444. The van der Waals surface area contributed by atoms with Crippen molar-refractivity contribution >= 4 is 17.6 Å². The van der Waals surface area contributed by atoms with Gasteiger partial charge >= 0.3 is 5.97 Å². The van der Waals surface area contributed by atoms with E-state index in [1.165, 1.54) is 0 Å². The minimum Gasteiger partial charge on any atom is -0.481 e. The molecular weight excluding hydrogens is 278 g/mol. The number of carboxylic acids is 1. The van der Waals surface area contributed by atoms with Gasteiger partial charge in [0.05, 0.1) is 11.8 Å². The summed E-state index contributed by atoms with van der Waals surface area (Å²) < 4.78 is 0. The van der Waals surface area contributed by atoms with Gasteiger partial charge in [0.1, 0.15) is 0 Å². The van der Waals surface area contributed by atoms with Crippen LogP contribution in [0.25, 0.3) is 0 Å². The molecule has 0 saturated heterocycles. The van der Waals surface area contributed by atoms with Gasteiger partial charge in [-0.05, 0) is 49.1 Å². The van der Waals surface area contributed by atoms with Gasteiger partial charge in [-0.1, -0.05) is 29.8 Å². The van der Waals surface area contributed by atoms with E-state index in [0.717, 1.165) is 17.7 Å². The Morgan fingerprint density at radius 3 is 2.23 bits per heavy atom. The highest BCUT2D eigenvalue weighted by Crippen LogP contribution is 2.63. The molecule has 2 N–H and O–H groups in total. The van der Waals surface area contributed by atoms with Gasteiger partial charge in [0.25, 0.3) is 0 Å². The van der Waals surface area contributed by atoms with Crippen LogP contribution in [0.3, 0.4) is 0 Å². The quantitative estimate of drug-likeness (QED) is 0.843. The molecule has 114 valence electrons. The Labute approximate surface area is 129 Å². The van der Waals surface area contributed by atoms with Crippen LogP contribution in [-0.2, 0) is 9.59 Å². The van der Waals surface area contributed by atoms with Crippen molar-refractivity contribution in [2.45, 2.75) is 13.3 Å². The molecule has 0 spiro atoms. The van der Waals surface area contributed by atoms with E-state index >= 15 is 0 Å². The summed E-state index contributed by atoms with van der Waals surface area (Å²) in [6, 6.07) is 7.60. The van der Waals surface area contributed by atoms with Crippen LogP contribution in [0.5, 0.6) is 0 Å². The largest absolute Gasteiger partial charge is 0.481 e. The lowest BCUT2D eigenvalue weighted by Gasteiger charge is -2.41. The third kappa shape index (κ3) is 1.97. The average Bonchev–Trinajstić information content (AvgIpc) is 3.30. The molecule has 6 atom stereocenters. The first-order valence-electron chi connectivity index (χ1n) is 7.85. The molecule has 4 heteroatoms. The van der Waals surface area contributed by atoms with Crippen LogP contribution in [0.2, 0.25) is 0 Å². The molecule has 4 nitrogen and oxygen atoms in total. The maximum Gasteiger partial charge on any atom is 0.307 e. The number of hydrogen-bond acceptors (Lipinski definition) is 2. The number of rotatable bonds is 3. The smallest absolute Gasteiger partial charge is 0.307 e. The average molecular weight is 297 g/mol. The number of aliphatic carboxylic acids is 1. The van der Waals surface area contributed by atoms with Crippen molar-refractivity contribution in [3.63, 3.8) is 0 Å². The Kier molecular flexibility index (Phi) is 2.90. The number of anilines is 1. The zero-order valence-corrected chi connectivity index (χ0v) is 12.4.